The highest BCUT2D eigenvalue weighted by Gasteiger charge is 2.14. The summed E-state index contributed by atoms with van der Waals surface area (Å²) in [6.07, 6.45) is 9.15. The Balaban J connectivity index is 1.89. The van der Waals surface area contributed by atoms with Gasteiger partial charge in [-0.15, -0.1) is 0 Å². The van der Waals surface area contributed by atoms with Crippen LogP contribution in [-0.4, -0.2) is 13.2 Å². The molecule has 1 fully saturated rings. The minimum Gasteiger partial charge on any atom is -0.493 e. The largest absolute Gasteiger partial charge is 0.493 e. The van der Waals surface area contributed by atoms with E-state index in [1.54, 1.807) is 0 Å². The first-order chi connectivity index (χ1) is 10.3. The molecular formula is C19H31NO. The van der Waals surface area contributed by atoms with Crippen LogP contribution >= 0.6 is 0 Å². The average Bonchev–Trinajstić information content (AvgIpc) is 2.55. The second kappa shape index (κ2) is 9.09. The van der Waals surface area contributed by atoms with E-state index >= 15 is 0 Å². The van der Waals surface area contributed by atoms with Crippen LogP contribution in [0.2, 0.25) is 0 Å². The zero-order valence-electron chi connectivity index (χ0n) is 13.7. The molecule has 0 aromatic heterocycles. The molecule has 0 amide bonds. The normalized spacial score (nSPS) is 17.6. The lowest BCUT2D eigenvalue weighted by molar-refractivity contribution is 0.208. The van der Waals surface area contributed by atoms with Crippen molar-refractivity contribution < 1.29 is 4.74 Å². The summed E-state index contributed by atoms with van der Waals surface area (Å²) in [5, 5.41) is 3.61. The van der Waals surface area contributed by atoms with Crippen LogP contribution in [0.25, 0.3) is 0 Å². The van der Waals surface area contributed by atoms with Gasteiger partial charge in [-0.05, 0) is 55.8 Å². The summed E-state index contributed by atoms with van der Waals surface area (Å²) in [5.74, 6) is 1.80. The zero-order chi connectivity index (χ0) is 14.9. The first-order valence-electron chi connectivity index (χ1n) is 8.79. The summed E-state index contributed by atoms with van der Waals surface area (Å²) in [5.41, 5.74) is 1.35. The maximum atomic E-state index is 6.06. The van der Waals surface area contributed by atoms with E-state index in [2.05, 4.69) is 43.4 Å². The van der Waals surface area contributed by atoms with Gasteiger partial charge in [0.05, 0.1) is 6.61 Å². The SMILES string of the molecule is CCCNC(CC)c1cccc(OCC2CCCCC2)c1. The van der Waals surface area contributed by atoms with E-state index in [1.807, 2.05) is 0 Å². The van der Waals surface area contributed by atoms with Crippen LogP contribution in [0.5, 0.6) is 5.75 Å². The van der Waals surface area contributed by atoms with Crippen LogP contribution in [0, 0.1) is 5.92 Å². The third-order valence-corrected chi connectivity index (χ3v) is 4.52. The van der Waals surface area contributed by atoms with Crippen molar-refractivity contribution in [1.29, 1.82) is 0 Å². The number of hydrogen-bond donors (Lipinski definition) is 1. The van der Waals surface area contributed by atoms with Crippen LogP contribution in [0.4, 0.5) is 0 Å². The van der Waals surface area contributed by atoms with Crippen molar-refractivity contribution in [2.45, 2.75) is 64.8 Å². The number of hydrogen-bond acceptors (Lipinski definition) is 2. The molecule has 1 aromatic carbocycles. The first-order valence-corrected chi connectivity index (χ1v) is 8.79. The minimum atomic E-state index is 0.447. The molecule has 2 nitrogen and oxygen atoms in total. The van der Waals surface area contributed by atoms with E-state index in [4.69, 9.17) is 4.74 Å². The summed E-state index contributed by atoms with van der Waals surface area (Å²) in [4.78, 5) is 0. The van der Waals surface area contributed by atoms with Gasteiger partial charge in [0.1, 0.15) is 5.75 Å². The molecule has 2 rings (SSSR count). The average molecular weight is 289 g/mol. The van der Waals surface area contributed by atoms with Crippen LogP contribution < -0.4 is 10.1 Å². The third-order valence-electron chi connectivity index (χ3n) is 4.52. The zero-order valence-corrected chi connectivity index (χ0v) is 13.7. The molecule has 118 valence electrons. The molecule has 2 heteroatoms. The second-order valence-corrected chi connectivity index (χ2v) is 6.30. The molecule has 1 N–H and O–H groups in total. The van der Waals surface area contributed by atoms with Crippen molar-refractivity contribution in [3.05, 3.63) is 29.8 Å². The van der Waals surface area contributed by atoms with E-state index in [-0.39, 0.29) is 0 Å². The van der Waals surface area contributed by atoms with E-state index in [0.29, 0.717) is 6.04 Å². The van der Waals surface area contributed by atoms with E-state index in [1.165, 1.54) is 44.1 Å². The lowest BCUT2D eigenvalue weighted by Crippen LogP contribution is -2.21. The van der Waals surface area contributed by atoms with Gasteiger partial charge in [-0.1, -0.05) is 45.2 Å². The molecule has 1 aliphatic carbocycles. The Morgan fingerprint density at radius 3 is 2.71 bits per heavy atom. The summed E-state index contributed by atoms with van der Waals surface area (Å²) >= 11 is 0. The summed E-state index contributed by atoms with van der Waals surface area (Å²) in [6, 6.07) is 9.10. The molecule has 0 bridgehead atoms. The van der Waals surface area contributed by atoms with Crippen molar-refractivity contribution in [2.75, 3.05) is 13.2 Å². The highest BCUT2D eigenvalue weighted by atomic mass is 16.5. The highest BCUT2D eigenvalue weighted by Crippen LogP contribution is 2.26. The van der Waals surface area contributed by atoms with Crippen molar-refractivity contribution in [1.82, 2.24) is 5.32 Å². The molecular weight excluding hydrogens is 258 g/mol. The lowest BCUT2D eigenvalue weighted by Gasteiger charge is -2.22. The Morgan fingerprint density at radius 1 is 1.19 bits per heavy atom. The van der Waals surface area contributed by atoms with Gasteiger partial charge in [0.2, 0.25) is 0 Å². The van der Waals surface area contributed by atoms with E-state index < -0.39 is 0 Å². The van der Waals surface area contributed by atoms with E-state index in [0.717, 1.165) is 31.2 Å². The minimum absolute atomic E-state index is 0.447. The molecule has 0 heterocycles. The Bertz CT molecular complexity index is 398. The monoisotopic (exact) mass is 289 g/mol. The predicted octanol–water partition coefficient (Wildman–Crippen LogP) is 5.10. The molecule has 1 aromatic rings. The fraction of sp³-hybridized carbons (Fsp3) is 0.684. The van der Waals surface area contributed by atoms with Gasteiger partial charge in [-0.2, -0.15) is 0 Å². The number of nitrogens with one attached hydrogen (secondary N) is 1. The van der Waals surface area contributed by atoms with Crippen LogP contribution in [-0.2, 0) is 0 Å². The van der Waals surface area contributed by atoms with Gasteiger partial charge in [0.25, 0.3) is 0 Å². The maximum absolute atomic E-state index is 6.06. The van der Waals surface area contributed by atoms with Crippen LogP contribution in [0.1, 0.15) is 70.4 Å². The quantitative estimate of drug-likeness (QED) is 0.719. The molecule has 21 heavy (non-hydrogen) atoms. The number of benzene rings is 1. The number of rotatable bonds is 8. The Kier molecular flexibility index (Phi) is 7.08. The van der Waals surface area contributed by atoms with Gasteiger partial charge >= 0.3 is 0 Å². The summed E-state index contributed by atoms with van der Waals surface area (Å²) < 4.78 is 6.06. The van der Waals surface area contributed by atoms with Crippen LogP contribution in [0.3, 0.4) is 0 Å². The van der Waals surface area contributed by atoms with Crippen LogP contribution in [0.15, 0.2) is 24.3 Å². The van der Waals surface area contributed by atoms with Gasteiger partial charge in [0, 0.05) is 6.04 Å². The highest BCUT2D eigenvalue weighted by molar-refractivity contribution is 5.30. The van der Waals surface area contributed by atoms with Gasteiger partial charge < -0.3 is 10.1 Å². The Morgan fingerprint density at radius 2 is 2.00 bits per heavy atom. The van der Waals surface area contributed by atoms with Crippen molar-refractivity contribution >= 4 is 0 Å². The standard InChI is InChI=1S/C19H31NO/c1-3-13-20-19(4-2)17-11-8-12-18(14-17)21-15-16-9-6-5-7-10-16/h8,11-12,14,16,19-20H,3-7,9-10,13,15H2,1-2H3. The fourth-order valence-corrected chi connectivity index (χ4v) is 3.21. The summed E-state index contributed by atoms with van der Waals surface area (Å²) in [6.45, 7) is 6.42. The summed E-state index contributed by atoms with van der Waals surface area (Å²) in [7, 11) is 0. The molecule has 0 saturated heterocycles. The van der Waals surface area contributed by atoms with Crippen molar-refractivity contribution in [2.24, 2.45) is 5.92 Å². The first kappa shape index (κ1) is 16.4. The Labute approximate surface area is 130 Å². The Hall–Kier alpha value is -1.02. The van der Waals surface area contributed by atoms with Gasteiger partial charge in [0.15, 0.2) is 0 Å². The third kappa shape index (κ3) is 5.35. The van der Waals surface area contributed by atoms with E-state index in [9.17, 15) is 0 Å². The molecule has 1 aliphatic rings. The lowest BCUT2D eigenvalue weighted by atomic mass is 9.90. The number of ether oxygens (including phenoxy) is 1. The molecule has 0 radical (unpaired) electrons. The molecule has 1 saturated carbocycles. The smallest absolute Gasteiger partial charge is 0.119 e. The van der Waals surface area contributed by atoms with Gasteiger partial charge in [-0.25, -0.2) is 0 Å². The second-order valence-electron chi connectivity index (χ2n) is 6.30. The van der Waals surface area contributed by atoms with Crippen molar-refractivity contribution in [3.8, 4) is 5.75 Å². The molecule has 0 aliphatic heterocycles. The molecule has 1 unspecified atom stereocenters. The predicted molar refractivity (Wildman–Crippen MR) is 89.8 cm³/mol. The molecule has 0 spiro atoms. The van der Waals surface area contributed by atoms with Gasteiger partial charge in [-0.3, -0.25) is 0 Å². The maximum Gasteiger partial charge on any atom is 0.119 e. The van der Waals surface area contributed by atoms with Crippen molar-refractivity contribution in [3.63, 3.8) is 0 Å². The topological polar surface area (TPSA) is 21.3 Å². The fourth-order valence-electron chi connectivity index (χ4n) is 3.21. The molecule has 1 atom stereocenters.